The van der Waals surface area contributed by atoms with Crippen LogP contribution in [0.4, 0.5) is 5.82 Å². The number of piperidine rings is 1. The lowest BCUT2D eigenvalue weighted by Gasteiger charge is -2.33. The Morgan fingerprint density at radius 2 is 2.11 bits per heavy atom. The van der Waals surface area contributed by atoms with Crippen LogP contribution in [0.3, 0.4) is 0 Å². The molecule has 0 unspecified atom stereocenters. The molecule has 0 spiro atoms. The van der Waals surface area contributed by atoms with E-state index in [9.17, 15) is 0 Å². The Hall–Kier alpha value is -0.610. The van der Waals surface area contributed by atoms with Gasteiger partial charge in [0, 0.05) is 17.6 Å². The zero-order valence-electron chi connectivity index (χ0n) is 12.0. The molecule has 19 heavy (non-hydrogen) atoms. The Kier molecular flexibility index (Phi) is 5.64. The van der Waals surface area contributed by atoms with Crippen molar-refractivity contribution in [3.05, 3.63) is 22.3 Å². The van der Waals surface area contributed by atoms with Crippen LogP contribution in [0.5, 0.6) is 0 Å². The smallest absolute Gasteiger partial charge is 0.128 e. The Labute approximate surface area is 124 Å². The molecule has 0 aromatic carbocycles. The van der Waals surface area contributed by atoms with Gasteiger partial charge in [-0.1, -0.05) is 6.92 Å². The molecule has 1 fully saturated rings. The van der Waals surface area contributed by atoms with Crippen molar-refractivity contribution in [2.24, 2.45) is 5.92 Å². The van der Waals surface area contributed by atoms with Gasteiger partial charge in [-0.05, 0) is 73.3 Å². The van der Waals surface area contributed by atoms with E-state index >= 15 is 0 Å². The van der Waals surface area contributed by atoms with Gasteiger partial charge in [0.25, 0.3) is 0 Å². The molecule has 0 atom stereocenters. The summed E-state index contributed by atoms with van der Waals surface area (Å²) in [5.41, 5.74) is 1.07. The van der Waals surface area contributed by atoms with Gasteiger partial charge in [0.15, 0.2) is 0 Å². The van der Waals surface area contributed by atoms with Crippen molar-refractivity contribution >= 4 is 21.7 Å². The lowest BCUT2D eigenvalue weighted by molar-refractivity contribution is 0.382. The fourth-order valence-electron chi connectivity index (χ4n) is 2.56. The summed E-state index contributed by atoms with van der Waals surface area (Å²) in [6.07, 6.45) is 3.77. The van der Waals surface area contributed by atoms with Crippen LogP contribution < -0.4 is 10.2 Å². The molecule has 1 N–H and O–H groups in total. The van der Waals surface area contributed by atoms with Crippen molar-refractivity contribution < 1.29 is 0 Å². The zero-order valence-corrected chi connectivity index (χ0v) is 13.5. The van der Waals surface area contributed by atoms with Crippen LogP contribution in [-0.2, 0) is 0 Å². The lowest BCUT2D eigenvalue weighted by Crippen LogP contribution is -2.37. The Morgan fingerprint density at radius 1 is 1.37 bits per heavy atom. The molecule has 1 aromatic rings. The number of aromatic nitrogens is 1. The second kappa shape index (κ2) is 7.25. The zero-order chi connectivity index (χ0) is 13.7. The number of halogens is 1. The van der Waals surface area contributed by atoms with Crippen LogP contribution in [0.15, 0.2) is 16.6 Å². The minimum atomic E-state index is 0.833. The van der Waals surface area contributed by atoms with Crippen molar-refractivity contribution in [1.82, 2.24) is 10.3 Å². The van der Waals surface area contributed by atoms with E-state index in [1.54, 1.807) is 0 Å². The third-order valence-electron chi connectivity index (χ3n) is 3.80. The fourth-order valence-corrected chi connectivity index (χ4v) is 2.78. The topological polar surface area (TPSA) is 28.2 Å². The van der Waals surface area contributed by atoms with Crippen LogP contribution in [0.2, 0.25) is 0 Å². The minimum absolute atomic E-state index is 0.833. The summed E-state index contributed by atoms with van der Waals surface area (Å²) in [6.45, 7) is 8.85. The van der Waals surface area contributed by atoms with Gasteiger partial charge in [-0.2, -0.15) is 0 Å². The van der Waals surface area contributed by atoms with Crippen molar-refractivity contribution in [3.63, 3.8) is 0 Å². The summed E-state index contributed by atoms with van der Waals surface area (Å²) in [4.78, 5) is 7.07. The third-order valence-corrected chi connectivity index (χ3v) is 4.64. The molecule has 0 bridgehead atoms. The van der Waals surface area contributed by atoms with E-state index in [1.807, 2.05) is 0 Å². The van der Waals surface area contributed by atoms with Gasteiger partial charge in [0.05, 0.1) is 5.69 Å². The molecule has 1 aliphatic heterocycles. The third kappa shape index (κ3) is 4.18. The highest BCUT2D eigenvalue weighted by Crippen LogP contribution is 2.24. The van der Waals surface area contributed by atoms with E-state index < -0.39 is 0 Å². The normalized spacial score (nSPS) is 16.9. The molecule has 0 amide bonds. The Balaban J connectivity index is 1.84. The average molecular weight is 326 g/mol. The number of nitrogens with zero attached hydrogens (tertiary/aromatic N) is 2. The fraction of sp³-hybridized carbons (Fsp3) is 0.667. The summed E-state index contributed by atoms with van der Waals surface area (Å²) < 4.78 is 1.09. The molecule has 106 valence electrons. The summed E-state index contributed by atoms with van der Waals surface area (Å²) >= 11 is 3.51. The molecule has 1 saturated heterocycles. The number of rotatable bonds is 5. The SMILES string of the molecule is CCCNCC1CCN(c2ccc(Br)c(C)n2)CC1. The largest absolute Gasteiger partial charge is 0.357 e. The molecule has 4 heteroatoms. The van der Waals surface area contributed by atoms with Crippen molar-refractivity contribution in [1.29, 1.82) is 0 Å². The first-order valence-corrected chi connectivity index (χ1v) is 8.08. The number of hydrogen-bond acceptors (Lipinski definition) is 3. The Morgan fingerprint density at radius 3 is 2.74 bits per heavy atom. The molecule has 0 aliphatic carbocycles. The summed E-state index contributed by atoms with van der Waals surface area (Å²) in [6, 6.07) is 4.22. The van der Waals surface area contributed by atoms with Gasteiger partial charge in [-0.3, -0.25) is 0 Å². The predicted octanol–water partition coefficient (Wildman–Crippen LogP) is 3.37. The number of nitrogens with one attached hydrogen (secondary N) is 1. The van der Waals surface area contributed by atoms with Crippen molar-refractivity contribution in [2.45, 2.75) is 33.1 Å². The van der Waals surface area contributed by atoms with E-state index in [0.29, 0.717) is 0 Å². The average Bonchev–Trinajstić information content (AvgIpc) is 2.43. The van der Waals surface area contributed by atoms with Crippen LogP contribution in [0.1, 0.15) is 31.9 Å². The molecule has 3 nitrogen and oxygen atoms in total. The van der Waals surface area contributed by atoms with Gasteiger partial charge in [0.2, 0.25) is 0 Å². The first kappa shape index (κ1) is 14.8. The number of aryl methyl sites for hydroxylation is 1. The van der Waals surface area contributed by atoms with Gasteiger partial charge in [-0.25, -0.2) is 4.98 Å². The molecule has 1 aromatic heterocycles. The maximum atomic E-state index is 4.66. The molecule has 1 aliphatic rings. The number of hydrogen-bond donors (Lipinski definition) is 1. The molecule has 0 saturated carbocycles. The maximum absolute atomic E-state index is 4.66. The monoisotopic (exact) mass is 325 g/mol. The maximum Gasteiger partial charge on any atom is 0.128 e. The molecule has 0 radical (unpaired) electrons. The van der Waals surface area contributed by atoms with Crippen LogP contribution in [0.25, 0.3) is 0 Å². The summed E-state index contributed by atoms with van der Waals surface area (Å²) in [5.74, 6) is 1.96. The van der Waals surface area contributed by atoms with E-state index in [1.165, 1.54) is 25.8 Å². The highest BCUT2D eigenvalue weighted by Gasteiger charge is 2.19. The quantitative estimate of drug-likeness (QED) is 0.841. The number of pyridine rings is 1. The lowest BCUT2D eigenvalue weighted by atomic mass is 9.97. The standard InChI is InChI=1S/C15H24BrN3/c1-3-8-17-11-13-6-9-19(10-7-13)15-5-4-14(16)12(2)18-15/h4-5,13,17H,3,6-11H2,1-2H3. The molecule has 2 heterocycles. The first-order valence-electron chi connectivity index (χ1n) is 7.29. The molecular weight excluding hydrogens is 302 g/mol. The van der Waals surface area contributed by atoms with Crippen LogP contribution in [-0.4, -0.2) is 31.2 Å². The first-order chi connectivity index (χ1) is 9.20. The second-order valence-corrected chi connectivity index (χ2v) is 6.23. The van der Waals surface area contributed by atoms with Gasteiger partial charge in [-0.15, -0.1) is 0 Å². The van der Waals surface area contributed by atoms with E-state index in [2.05, 4.69) is 57.1 Å². The van der Waals surface area contributed by atoms with E-state index in [-0.39, 0.29) is 0 Å². The Bertz CT molecular complexity index is 400. The van der Waals surface area contributed by atoms with E-state index in [4.69, 9.17) is 0 Å². The van der Waals surface area contributed by atoms with Gasteiger partial charge < -0.3 is 10.2 Å². The molecule has 2 rings (SSSR count). The summed E-state index contributed by atoms with van der Waals surface area (Å²) in [7, 11) is 0. The number of anilines is 1. The highest BCUT2D eigenvalue weighted by atomic mass is 79.9. The van der Waals surface area contributed by atoms with Crippen LogP contribution >= 0.6 is 15.9 Å². The highest BCUT2D eigenvalue weighted by molar-refractivity contribution is 9.10. The predicted molar refractivity (Wildman–Crippen MR) is 84.8 cm³/mol. The van der Waals surface area contributed by atoms with Gasteiger partial charge in [0.1, 0.15) is 5.82 Å². The van der Waals surface area contributed by atoms with Crippen molar-refractivity contribution in [2.75, 3.05) is 31.1 Å². The molecular formula is C15H24BrN3. The van der Waals surface area contributed by atoms with Gasteiger partial charge >= 0.3 is 0 Å². The van der Waals surface area contributed by atoms with Crippen LogP contribution in [0, 0.1) is 12.8 Å². The van der Waals surface area contributed by atoms with Crippen molar-refractivity contribution in [3.8, 4) is 0 Å². The van der Waals surface area contributed by atoms with E-state index in [0.717, 1.165) is 41.5 Å². The summed E-state index contributed by atoms with van der Waals surface area (Å²) in [5, 5.41) is 3.54. The minimum Gasteiger partial charge on any atom is -0.357 e. The second-order valence-electron chi connectivity index (χ2n) is 5.37.